The molecule has 0 saturated carbocycles. The lowest BCUT2D eigenvalue weighted by atomic mass is 10.0. The third-order valence-corrected chi connectivity index (χ3v) is 6.11. The van der Waals surface area contributed by atoms with Gasteiger partial charge in [-0.25, -0.2) is 14.6 Å². The summed E-state index contributed by atoms with van der Waals surface area (Å²) in [7, 11) is 1.37. The number of methoxy groups -OCH3 is 1. The highest BCUT2D eigenvalue weighted by Crippen LogP contribution is 2.27. The van der Waals surface area contributed by atoms with Crippen LogP contribution in [0.5, 0.6) is 0 Å². The summed E-state index contributed by atoms with van der Waals surface area (Å²) in [5, 5.41) is 3.34. The Bertz CT molecular complexity index is 1360. The number of aromatic nitrogens is 3. The van der Waals surface area contributed by atoms with Crippen molar-refractivity contribution in [3.8, 4) is 16.8 Å². The molecule has 0 amide bonds. The first-order valence-corrected chi connectivity index (χ1v) is 10.7. The van der Waals surface area contributed by atoms with Crippen molar-refractivity contribution in [3.05, 3.63) is 82.4 Å². The first-order valence-electron chi connectivity index (χ1n) is 10.7. The van der Waals surface area contributed by atoms with E-state index in [1.165, 1.54) is 7.11 Å². The Hall–Kier alpha value is -3.71. The van der Waals surface area contributed by atoms with Crippen molar-refractivity contribution in [1.82, 2.24) is 19.4 Å². The van der Waals surface area contributed by atoms with Gasteiger partial charge in [-0.1, -0.05) is 18.2 Å². The minimum atomic E-state index is -0.357. The zero-order valence-corrected chi connectivity index (χ0v) is 18.0. The molecule has 3 heterocycles. The summed E-state index contributed by atoms with van der Waals surface area (Å²) in [6.07, 6.45) is 2.65. The van der Waals surface area contributed by atoms with Crippen molar-refractivity contribution in [3.63, 3.8) is 0 Å². The summed E-state index contributed by atoms with van der Waals surface area (Å²) in [6, 6.07) is 17.3. The number of esters is 1. The Morgan fingerprint density at radius 1 is 1.12 bits per heavy atom. The number of ether oxygens (including phenoxy) is 1. The van der Waals surface area contributed by atoms with Crippen LogP contribution in [0.15, 0.2) is 65.6 Å². The first kappa shape index (κ1) is 20.2. The fourth-order valence-electron chi connectivity index (χ4n) is 4.47. The molecule has 2 aromatic carbocycles. The van der Waals surface area contributed by atoms with Gasteiger partial charge in [-0.2, -0.15) is 0 Å². The van der Waals surface area contributed by atoms with Crippen molar-refractivity contribution in [2.45, 2.75) is 19.4 Å². The van der Waals surface area contributed by atoms with E-state index < -0.39 is 0 Å². The van der Waals surface area contributed by atoms with Crippen molar-refractivity contribution in [2.75, 3.05) is 20.2 Å². The fraction of sp³-hybridized carbons (Fsp3) is 0.240. The van der Waals surface area contributed by atoms with Crippen molar-refractivity contribution >= 4 is 17.1 Å². The molecule has 4 aromatic rings. The average Bonchev–Trinajstić information content (AvgIpc) is 3.44. The lowest BCUT2D eigenvalue weighted by Gasteiger charge is -2.11. The maximum atomic E-state index is 13.5. The first-order chi connectivity index (χ1) is 15.6. The van der Waals surface area contributed by atoms with Gasteiger partial charge in [0.1, 0.15) is 0 Å². The molecule has 0 aliphatic carbocycles. The fourth-order valence-corrected chi connectivity index (χ4v) is 4.47. The summed E-state index contributed by atoms with van der Waals surface area (Å²) < 4.78 is 8.36. The van der Waals surface area contributed by atoms with Gasteiger partial charge in [0.15, 0.2) is 5.65 Å². The highest BCUT2D eigenvalue weighted by molar-refractivity contribution is 5.90. The van der Waals surface area contributed by atoms with Crippen molar-refractivity contribution < 1.29 is 9.53 Å². The third-order valence-electron chi connectivity index (χ3n) is 6.11. The molecule has 5 rings (SSSR count). The number of hydrogen-bond donors (Lipinski definition) is 1. The van der Waals surface area contributed by atoms with Gasteiger partial charge in [0.05, 0.1) is 29.9 Å². The molecule has 0 spiro atoms. The molecule has 1 saturated heterocycles. The number of carbonyl (C=O) groups is 1. The van der Waals surface area contributed by atoms with Crippen LogP contribution >= 0.6 is 0 Å². The molecular formula is C25H24N4O3. The van der Waals surface area contributed by atoms with Crippen LogP contribution in [-0.4, -0.2) is 40.3 Å². The Labute approximate surface area is 185 Å². The van der Waals surface area contributed by atoms with E-state index in [9.17, 15) is 9.59 Å². The molecule has 7 nitrogen and oxygen atoms in total. The lowest BCUT2D eigenvalue weighted by molar-refractivity contribution is 0.0601. The number of carbonyl (C=O) groups excluding carboxylic acids is 1. The molecule has 7 heteroatoms. The molecule has 0 bridgehead atoms. The quantitative estimate of drug-likeness (QED) is 0.504. The SMILES string of the molecule is COC(=O)c1ccc(-c2ccc(-n3c(=O)n([C@@H]4CCNC4)c4ncccc43)c(C)c2)cc1. The Balaban J connectivity index is 1.59. The number of rotatable bonds is 4. The molecule has 0 unspecified atom stereocenters. The predicted octanol–water partition coefficient (Wildman–Crippen LogP) is 3.48. The standard InChI is InChI=1S/C25H24N4O3/c1-16-14-19(17-5-7-18(8-6-17)24(30)32-2)9-10-21(16)29-22-4-3-12-27-23(22)28(25(29)31)20-11-13-26-15-20/h3-10,12,14,20,26H,11,13,15H2,1-2H3/t20-/m1/s1. The van der Waals surface area contributed by atoms with Crippen molar-refractivity contribution in [2.24, 2.45) is 0 Å². The lowest BCUT2D eigenvalue weighted by Crippen LogP contribution is -2.28. The number of benzene rings is 2. The van der Waals surface area contributed by atoms with E-state index in [2.05, 4.69) is 16.4 Å². The summed E-state index contributed by atoms with van der Waals surface area (Å²) >= 11 is 0. The molecule has 1 aliphatic heterocycles. The van der Waals surface area contributed by atoms with Crippen LogP contribution in [0.3, 0.4) is 0 Å². The maximum Gasteiger partial charge on any atom is 0.337 e. The second-order valence-corrected chi connectivity index (χ2v) is 8.05. The van der Waals surface area contributed by atoms with E-state index in [1.54, 1.807) is 22.9 Å². The molecule has 32 heavy (non-hydrogen) atoms. The number of fused-ring (bicyclic) bond motifs is 1. The zero-order valence-electron chi connectivity index (χ0n) is 18.0. The molecular weight excluding hydrogens is 404 g/mol. The van der Waals surface area contributed by atoms with Gasteiger partial charge >= 0.3 is 11.7 Å². The van der Waals surface area contributed by atoms with E-state index in [0.717, 1.165) is 47.4 Å². The molecule has 162 valence electrons. The van der Waals surface area contributed by atoms with E-state index in [4.69, 9.17) is 4.74 Å². The smallest absolute Gasteiger partial charge is 0.337 e. The molecule has 1 N–H and O–H groups in total. The van der Waals surface area contributed by atoms with Gasteiger partial charge < -0.3 is 10.1 Å². The highest BCUT2D eigenvalue weighted by Gasteiger charge is 2.25. The molecule has 1 fully saturated rings. The summed E-state index contributed by atoms with van der Waals surface area (Å²) in [6.45, 7) is 3.68. The van der Waals surface area contributed by atoms with Gasteiger partial charge in [0, 0.05) is 12.7 Å². The normalized spacial score (nSPS) is 15.9. The van der Waals surface area contributed by atoms with Gasteiger partial charge in [-0.05, 0) is 73.0 Å². The van der Waals surface area contributed by atoms with Gasteiger partial charge in [0.2, 0.25) is 0 Å². The van der Waals surface area contributed by atoms with E-state index in [1.807, 2.05) is 47.9 Å². The van der Waals surface area contributed by atoms with Gasteiger partial charge in [0.25, 0.3) is 0 Å². The van der Waals surface area contributed by atoms with Crippen LogP contribution in [0.25, 0.3) is 28.0 Å². The number of hydrogen-bond acceptors (Lipinski definition) is 5. The Kier molecular flexibility index (Phi) is 5.11. The van der Waals surface area contributed by atoms with Crippen LogP contribution in [0.1, 0.15) is 28.4 Å². The van der Waals surface area contributed by atoms with Crippen LogP contribution in [0.4, 0.5) is 0 Å². The third kappa shape index (κ3) is 3.31. The van der Waals surface area contributed by atoms with Crippen LogP contribution < -0.4 is 11.0 Å². The predicted molar refractivity (Wildman–Crippen MR) is 123 cm³/mol. The average molecular weight is 428 g/mol. The number of imidazole rings is 1. The van der Waals surface area contributed by atoms with Crippen LogP contribution in [0.2, 0.25) is 0 Å². The van der Waals surface area contributed by atoms with E-state index >= 15 is 0 Å². The summed E-state index contributed by atoms with van der Waals surface area (Å²) in [5.41, 5.74) is 5.79. The molecule has 0 radical (unpaired) electrons. The van der Waals surface area contributed by atoms with Gasteiger partial charge in [-0.3, -0.25) is 9.13 Å². The number of pyridine rings is 1. The number of nitrogens with one attached hydrogen (secondary N) is 1. The van der Waals surface area contributed by atoms with Gasteiger partial charge in [-0.15, -0.1) is 0 Å². The monoisotopic (exact) mass is 428 g/mol. The minimum absolute atomic E-state index is 0.0642. The Morgan fingerprint density at radius 3 is 2.59 bits per heavy atom. The number of nitrogens with zero attached hydrogens (tertiary/aromatic N) is 3. The summed E-state index contributed by atoms with van der Waals surface area (Å²) in [5.74, 6) is -0.357. The summed E-state index contributed by atoms with van der Waals surface area (Å²) in [4.78, 5) is 29.7. The van der Waals surface area contributed by atoms with Crippen LogP contribution in [-0.2, 0) is 4.74 Å². The van der Waals surface area contributed by atoms with E-state index in [-0.39, 0.29) is 17.7 Å². The highest BCUT2D eigenvalue weighted by atomic mass is 16.5. The Morgan fingerprint density at radius 2 is 1.91 bits per heavy atom. The maximum absolute atomic E-state index is 13.5. The zero-order chi connectivity index (χ0) is 22.2. The topological polar surface area (TPSA) is 78.1 Å². The molecule has 2 aromatic heterocycles. The van der Waals surface area contributed by atoms with Crippen LogP contribution in [0, 0.1) is 6.92 Å². The minimum Gasteiger partial charge on any atom is -0.465 e. The largest absolute Gasteiger partial charge is 0.465 e. The number of aryl methyl sites for hydroxylation is 1. The second kappa shape index (κ2) is 8.09. The molecule has 1 aliphatic rings. The molecule has 1 atom stereocenters. The van der Waals surface area contributed by atoms with Crippen molar-refractivity contribution in [1.29, 1.82) is 0 Å². The van der Waals surface area contributed by atoms with E-state index in [0.29, 0.717) is 11.2 Å². The second-order valence-electron chi connectivity index (χ2n) is 8.05.